The second-order valence-corrected chi connectivity index (χ2v) is 5.86. The van der Waals surface area contributed by atoms with Crippen molar-refractivity contribution < 1.29 is 0 Å². The quantitative estimate of drug-likeness (QED) is 0.638. The molecule has 2 rings (SSSR count). The number of rotatable bonds is 5. The molecule has 0 aliphatic carbocycles. The molecule has 1 unspecified atom stereocenters. The molecule has 0 radical (unpaired) electrons. The molecule has 1 saturated heterocycles. The molecule has 1 fully saturated rings. The Bertz CT molecular complexity index is 423. The first-order valence-corrected chi connectivity index (χ1v) is 7.36. The molecule has 0 amide bonds. The minimum Gasteiger partial charge on any atom is -0.388 e. The van der Waals surface area contributed by atoms with Crippen LogP contribution in [0.2, 0.25) is 0 Å². The molecule has 4 heteroatoms. The zero-order valence-electron chi connectivity index (χ0n) is 12.5. The van der Waals surface area contributed by atoms with E-state index in [-0.39, 0.29) is 11.9 Å². The van der Waals surface area contributed by atoms with E-state index in [0.717, 1.165) is 13.1 Å². The zero-order chi connectivity index (χ0) is 14.5. The molecule has 4 nitrogen and oxygen atoms in total. The SMILES string of the molecule is CN1CCC(N(C)C(CC(=N)N)c2ccccc2)CC1. The van der Waals surface area contributed by atoms with Crippen LogP contribution in [0.3, 0.4) is 0 Å². The first-order valence-electron chi connectivity index (χ1n) is 7.36. The van der Waals surface area contributed by atoms with Gasteiger partial charge in [-0.25, -0.2) is 0 Å². The molecule has 0 spiro atoms. The molecule has 1 heterocycles. The number of hydrogen-bond acceptors (Lipinski definition) is 3. The lowest BCUT2D eigenvalue weighted by atomic mass is 9.96. The number of nitrogens with one attached hydrogen (secondary N) is 1. The zero-order valence-corrected chi connectivity index (χ0v) is 12.5. The smallest absolute Gasteiger partial charge is 0.0924 e. The number of amidine groups is 1. The van der Waals surface area contributed by atoms with Crippen LogP contribution < -0.4 is 5.73 Å². The van der Waals surface area contributed by atoms with Gasteiger partial charge in [-0.05, 0) is 45.6 Å². The van der Waals surface area contributed by atoms with Gasteiger partial charge in [0.05, 0.1) is 5.84 Å². The Morgan fingerprint density at radius 1 is 1.35 bits per heavy atom. The van der Waals surface area contributed by atoms with E-state index < -0.39 is 0 Å². The van der Waals surface area contributed by atoms with Gasteiger partial charge in [0, 0.05) is 18.5 Å². The van der Waals surface area contributed by atoms with Crippen LogP contribution in [-0.4, -0.2) is 48.9 Å². The molecule has 1 aromatic carbocycles. The summed E-state index contributed by atoms with van der Waals surface area (Å²) in [5.74, 6) is 0.263. The van der Waals surface area contributed by atoms with E-state index in [9.17, 15) is 0 Å². The van der Waals surface area contributed by atoms with Crippen LogP contribution in [0, 0.1) is 5.41 Å². The van der Waals surface area contributed by atoms with Gasteiger partial charge >= 0.3 is 0 Å². The lowest BCUT2D eigenvalue weighted by Crippen LogP contribution is -2.44. The summed E-state index contributed by atoms with van der Waals surface area (Å²) >= 11 is 0. The van der Waals surface area contributed by atoms with Crippen LogP contribution in [0.5, 0.6) is 0 Å². The topological polar surface area (TPSA) is 56.4 Å². The fourth-order valence-electron chi connectivity index (χ4n) is 3.04. The lowest BCUT2D eigenvalue weighted by molar-refractivity contribution is 0.109. The Kier molecular flexibility index (Phi) is 5.15. The minimum atomic E-state index is 0.210. The van der Waals surface area contributed by atoms with Gasteiger partial charge in [-0.2, -0.15) is 0 Å². The van der Waals surface area contributed by atoms with Gasteiger partial charge < -0.3 is 10.6 Å². The molecule has 3 N–H and O–H groups in total. The van der Waals surface area contributed by atoms with E-state index >= 15 is 0 Å². The summed E-state index contributed by atoms with van der Waals surface area (Å²) < 4.78 is 0. The molecule has 0 saturated carbocycles. The third kappa shape index (κ3) is 3.81. The normalized spacial score (nSPS) is 19.1. The Labute approximate surface area is 122 Å². The second-order valence-electron chi connectivity index (χ2n) is 5.86. The first kappa shape index (κ1) is 15.0. The highest BCUT2D eigenvalue weighted by Gasteiger charge is 2.27. The third-order valence-electron chi connectivity index (χ3n) is 4.35. The number of likely N-dealkylation sites (tertiary alicyclic amines) is 1. The van der Waals surface area contributed by atoms with Crippen molar-refractivity contribution in [2.75, 3.05) is 27.2 Å². The number of hydrogen-bond donors (Lipinski definition) is 2. The second kappa shape index (κ2) is 6.86. The summed E-state index contributed by atoms with van der Waals surface area (Å²) in [6.45, 7) is 2.30. The molecular formula is C16H26N4. The van der Waals surface area contributed by atoms with Gasteiger partial charge in [0.15, 0.2) is 0 Å². The number of benzene rings is 1. The van der Waals surface area contributed by atoms with Crippen LogP contribution in [0.15, 0.2) is 30.3 Å². The van der Waals surface area contributed by atoms with Gasteiger partial charge in [-0.1, -0.05) is 30.3 Å². The molecule has 1 aliphatic rings. The molecule has 0 aromatic heterocycles. The fourth-order valence-corrected chi connectivity index (χ4v) is 3.04. The number of piperidine rings is 1. The Morgan fingerprint density at radius 2 is 1.95 bits per heavy atom. The van der Waals surface area contributed by atoms with Crippen molar-refractivity contribution in [3.8, 4) is 0 Å². The lowest BCUT2D eigenvalue weighted by Gasteiger charge is -2.39. The van der Waals surface area contributed by atoms with Crippen LogP contribution >= 0.6 is 0 Å². The van der Waals surface area contributed by atoms with Crippen LogP contribution in [0.1, 0.15) is 30.9 Å². The average Bonchev–Trinajstić information content (AvgIpc) is 2.45. The Morgan fingerprint density at radius 3 is 2.50 bits per heavy atom. The van der Waals surface area contributed by atoms with Crippen LogP contribution in [-0.2, 0) is 0 Å². The van der Waals surface area contributed by atoms with Gasteiger partial charge in [-0.15, -0.1) is 0 Å². The van der Waals surface area contributed by atoms with E-state index in [4.69, 9.17) is 11.1 Å². The third-order valence-corrected chi connectivity index (χ3v) is 4.35. The molecule has 110 valence electrons. The molecule has 1 atom stereocenters. The maximum atomic E-state index is 7.66. The summed E-state index contributed by atoms with van der Waals surface area (Å²) in [6.07, 6.45) is 2.98. The number of nitrogens with two attached hydrogens (primary N) is 1. The van der Waals surface area contributed by atoms with E-state index in [2.05, 4.69) is 48.2 Å². The van der Waals surface area contributed by atoms with Crippen molar-refractivity contribution in [2.24, 2.45) is 5.73 Å². The molecule has 0 bridgehead atoms. The predicted molar refractivity (Wildman–Crippen MR) is 84.0 cm³/mol. The van der Waals surface area contributed by atoms with Crippen molar-refractivity contribution in [3.05, 3.63) is 35.9 Å². The van der Waals surface area contributed by atoms with Crippen molar-refractivity contribution in [2.45, 2.75) is 31.3 Å². The average molecular weight is 274 g/mol. The van der Waals surface area contributed by atoms with E-state index in [1.165, 1.54) is 18.4 Å². The highest BCUT2D eigenvalue weighted by Crippen LogP contribution is 2.28. The fraction of sp³-hybridized carbons (Fsp3) is 0.562. The van der Waals surface area contributed by atoms with Crippen LogP contribution in [0.25, 0.3) is 0 Å². The standard InChI is InChI=1S/C16H26N4/c1-19-10-8-14(9-11-19)20(2)15(12-16(17)18)13-6-4-3-5-7-13/h3-7,14-15H,8-12H2,1-2H3,(H3,17,18). The van der Waals surface area contributed by atoms with Crippen molar-refractivity contribution in [3.63, 3.8) is 0 Å². The Balaban J connectivity index is 2.12. The van der Waals surface area contributed by atoms with E-state index in [1.807, 2.05) is 6.07 Å². The highest BCUT2D eigenvalue weighted by atomic mass is 15.2. The maximum Gasteiger partial charge on any atom is 0.0924 e. The summed E-state index contributed by atoms with van der Waals surface area (Å²) in [5.41, 5.74) is 6.92. The van der Waals surface area contributed by atoms with Gasteiger partial charge in [-0.3, -0.25) is 10.3 Å². The van der Waals surface area contributed by atoms with Gasteiger partial charge in [0.1, 0.15) is 0 Å². The van der Waals surface area contributed by atoms with Crippen molar-refractivity contribution in [1.82, 2.24) is 9.80 Å². The predicted octanol–water partition coefficient (Wildman–Crippen LogP) is 2.08. The van der Waals surface area contributed by atoms with Crippen molar-refractivity contribution >= 4 is 5.84 Å². The highest BCUT2D eigenvalue weighted by molar-refractivity contribution is 5.77. The number of nitrogens with zero attached hydrogens (tertiary/aromatic N) is 2. The summed E-state index contributed by atoms with van der Waals surface area (Å²) in [5, 5.41) is 7.66. The maximum absolute atomic E-state index is 7.66. The first-order chi connectivity index (χ1) is 9.58. The summed E-state index contributed by atoms with van der Waals surface area (Å²) in [7, 11) is 4.36. The van der Waals surface area contributed by atoms with E-state index in [1.54, 1.807) is 0 Å². The minimum absolute atomic E-state index is 0.210. The monoisotopic (exact) mass is 274 g/mol. The largest absolute Gasteiger partial charge is 0.388 e. The molecule has 1 aliphatic heterocycles. The van der Waals surface area contributed by atoms with Crippen molar-refractivity contribution in [1.29, 1.82) is 5.41 Å². The summed E-state index contributed by atoms with van der Waals surface area (Å²) in [4.78, 5) is 4.80. The molecule has 1 aromatic rings. The molecular weight excluding hydrogens is 248 g/mol. The summed E-state index contributed by atoms with van der Waals surface area (Å²) in [6, 6.07) is 11.2. The van der Waals surface area contributed by atoms with Gasteiger partial charge in [0.2, 0.25) is 0 Å². The van der Waals surface area contributed by atoms with Gasteiger partial charge in [0.25, 0.3) is 0 Å². The Hall–Kier alpha value is -1.39. The van der Waals surface area contributed by atoms with Crippen LogP contribution in [0.4, 0.5) is 0 Å². The molecule has 20 heavy (non-hydrogen) atoms. The van der Waals surface area contributed by atoms with E-state index in [0.29, 0.717) is 12.5 Å².